The lowest BCUT2D eigenvalue weighted by molar-refractivity contribution is -0.140. The molecule has 3 aromatic rings. The number of carbonyl (C=O) groups excluding carboxylic acids is 1. The van der Waals surface area contributed by atoms with Crippen LogP contribution in [0.5, 0.6) is 5.75 Å². The van der Waals surface area contributed by atoms with Gasteiger partial charge in [0.2, 0.25) is 0 Å². The monoisotopic (exact) mass is 536 g/mol. The molecule has 0 aliphatic carbocycles. The van der Waals surface area contributed by atoms with Crippen LogP contribution in [0.25, 0.3) is 6.08 Å². The van der Waals surface area contributed by atoms with Crippen LogP contribution < -0.4 is 19.6 Å². The third kappa shape index (κ3) is 5.61. The number of hydrogen-bond acceptors (Lipinski definition) is 8. The maximum atomic E-state index is 13.8. The van der Waals surface area contributed by atoms with E-state index >= 15 is 0 Å². The number of ether oxygens (including phenoxy) is 3. The van der Waals surface area contributed by atoms with Gasteiger partial charge in [-0.3, -0.25) is 9.36 Å². The number of hydrogen-bond donors (Lipinski definition) is 1. The molecule has 1 atom stereocenters. The molecule has 2 heterocycles. The van der Waals surface area contributed by atoms with Crippen LogP contribution in [0, 0.1) is 0 Å². The second-order valence-corrected chi connectivity index (χ2v) is 9.85. The number of para-hydroxylation sites is 1. The first kappa shape index (κ1) is 27.0. The van der Waals surface area contributed by atoms with Crippen molar-refractivity contribution in [3.8, 4) is 5.75 Å². The minimum Gasteiger partial charge on any atom is -0.491 e. The summed E-state index contributed by atoms with van der Waals surface area (Å²) in [6.07, 6.45) is 1.54. The largest absolute Gasteiger partial charge is 0.491 e. The van der Waals surface area contributed by atoms with E-state index in [9.17, 15) is 14.4 Å². The van der Waals surface area contributed by atoms with Crippen molar-refractivity contribution in [3.05, 3.63) is 96.2 Å². The molecule has 198 valence electrons. The van der Waals surface area contributed by atoms with Gasteiger partial charge in [0.1, 0.15) is 18.4 Å². The summed E-state index contributed by atoms with van der Waals surface area (Å²) in [5, 5.41) is 9.16. The lowest BCUT2D eigenvalue weighted by Gasteiger charge is -2.27. The predicted molar refractivity (Wildman–Crippen MR) is 142 cm³/mol. The number of rotatable bonds is 9. The maximum absolute atomic E-state index is 13.8. The molecule has 1 aromatic heterocycles. The van der Waals surface area contributed by atoms with E-state index in [1.54, 1.807) is 31.2 Å². The quantitative estimate of drug-likeness (QED) is 0.330. The van der Waals surface area contributed by atoms with E-state index in [1.165, 1.54) is 35.1 Å². The van der Waals surface area contributed by atoms with E-state index in [0.29, 0.717) is 31.9 Å². The summed E-state index contributed by atoms with van der Waals surface area (Å²) in [4.78, 5) is 43.3. The molecule has 10 heteroatoms. The van der Waals surface area contributed by atoms with Crippen molar-refractivity contribution in [2.24, 2.45) is 4.99 Å². The van der Waals surface area contributed by atoms with Crippen molar-refractivity contribution in [2.45, 2.75) is 32.9 Å². The van der Waals surface area contributed by atoms with Gasteiger partial charge in [-0.05, 0) is 50.6 Å². The molecule has 0 fully saturated rings. The molecule has 1 aliphatic rings. The molecule has 4 rings (SSSR count). The van der Waals surface area contributed by atoms with Gasteiger partial charge in [0.15, 0.2) is 4.80 Å². The molecule has 9 nitrogen and oxygen atoms in total. The number of thiazole rings is 1. The van der Waals surface area contributed by atoms with E-state index in [1.807, 2.05) is 32.0 Å². The number of methoxy groups -OCH3 is 1. The molecule has 0 amide bonds. The number of aromatic nitrogens is 1. The lowest BCUT2D eigenvalue weighted by atomic mass is 9.95. The van der Waals surface area contributed by atoms with Gasteiger partial charge in [-0.2, -0.15) is 0 Å². The van der Waals surface area contributed by atoms with Crippen LogP contribution in [0.15, 0.2) is 69.6 Å². The van der Waals surface area contributed by atoms with Gasteiger partial charge in [-0.25, -0.2) is 14.6 Å². The number of nitrogens with zero attached hydrogens (tertiary/aromatic N) is 2. The molecular weight excluding hydrogens is 508 g/mol. The normalized spacial score (nSPS) is 15.3. The van der Waals surface area contributed by atoms with Crippen LogP contribution in [-0.2, 0) is 14.3 Å². The highest BCUT2D eigenvalue weighted by atomic mass is 32.1. The van der Waals surface area contributed by atoms with Gasteiger partial charge in [-0.15, -0.1) is 0 Å². The molecule has 0 spiro atoms. The van der Waals surface area contributed by atoms with Crippen LogP contribution in [-0.4, -0.2) is 48.0 Å². The Morgan fingerprint density at radius 2 is 1.84 bits per heavy atom. The first-order valence-electron chi connectivity index (χ1n) is 12.0. The molecule has 1 N–H and O–H groups in total. The van der Waals surface area contributed by atoms with E-state index in [2.05, 4.69) is 4.99 Å². The number of fused-ring (bicyclic) bond motifs is 1. The Balaban J connectivity index is 1.90. The summed E-state index contributed by atoms with van der Waals surface area (Å²) in [7, 11) is 1.51. The fraction of sp³-hybridized carbons (Fsp3) is 0.286. The third-order valence-corrected chi connectivity index (χ3v) is 6.78. The van der Waals surface area contributed by atoms with Crippen LogP contribution in [0.2, 0.25) is 0 Å². The minimum absolute atomic E-state index is 0.0553. The number of esters is 1. The fourth-order valence-electron chi connectivity index (χ4n) is 4.11. The first-order valence-corrected chi connectivity index (χ1v) is 12.8. The lowest BCUT2D eigenvalue weighted by Crippen LogP contribution is -2.40. The van der Waals surface area contributed by atoms with E-state index in [4.69, 9.17) is 19.3 Å². The number of carboxylic acid groups (broad SMARTS) is 1. The molecular formula is C28H28N2O7S. The van der Waals surface area contributed by atoms with Crippen LogP contribution >= 0.6 is 11.3 Å². The fourth-order valence-corrected chi connectivity index (χ4v) is 5.16. The Hall–Kier alpha value is -4.02. The smallest absolute Gasteiger partial charge is 0.338 e. The molecule has 0 radical (unpaired) electrons. The zero-order chi connectivity index (χ0) is 27.4. The standard InChI is InChI=1S/C28H28N2O7S/c1-16(2)37-21-8-6-5-7-20(21)24-23(27(34)36-14-13-35-4)17(3)29-28-30(24)25(31)22(38-28)15-18-9-11-19(12-10-18)26(32)33/h5-12,15-16,24H,13-14H2,1-4H3,(H,32,33)/b22-15+/t24-/m0/s1. The summed E-state index contributed by atoms with van der Waals surface area (Å²) < 4.78 is 18.4. The molecule has 2 aromatic carbocycles. The third-order valence-electron chi connectivity index (χ3n) is 5.79. The van der Waals surface area contributed by atoms with Gasteiger partial charge >= 0.3 is 11.9 Å². The summed E-state index contributed by atoms with van der Waals surface area (Å²) in [6, 6.07) is 12.7. The molecule has 0 unspecified atom stereocenters. The molecule has 0 saturated heterocycles. The van der Waals surface area contributed by atoms with E-state index in [0.717, 1.165) is 0 Å². The van der Waals surface area contributed by atoms with Crippen LogP contribution in [0.1, 0.15) is 48.3 Å². The van der Waals surface area contributed by atoms with E-state index in [-0.39, 0.29) is 36.0 Å². The van der Waals surface area contributed by atoms with Gasteiger partial charge in [0.05, 0.1) is 34.1 Å². The van der Waals surface area contributed by atoms with E-state index < -0.39 is 18.0 Å². The minimum atomic E-state index is -1.03. The highest BCUT2D eigenvalue weighted by Gasteiger charge is 2.35. The summed E-state index contributed by atoms with van der Waals surface area (Å²) in [5.74, 6) is -1.08. The second kappa shape index (κ2) is 11.6. The highest BCUT2D eigenvalue weighted by molar-refractivity contribution is 7.07. The number of allylic oxidation sites excluding steroid dienone is 1. The van der Waals surface area contributed by atoms with Crippen molar-refractivity contribution >= 4 is 29.4 Å². The molecule has 0 bridgehead atoms. The average Bonchev–Trinajstić information content (AvgIpc) is 3.18. The summed E-state index contributed by atoms with van der Waals surface area (Å²) in [5.41, 5.74) is 1.79. The Morgan fingerprint density at radius 3 is 2.50 bits per heavy atom. The SMILES string of the molecule is COCCOC(=O)C1=C(C)N=c2s/c(=C/c3ccc(C(=O)O)cc3)c(=O)n2[C@H]1c1ccccc1OC(C)C. The summed E-state index contributed by atoms with van der Waals surface area (Å²) in [6.45, 7) is 5.81. The zero-order valence-corrected chi connectivity index (χ0v) is 22.3. The molecule has 38 heavy (non-hydrogen) atoms. The van der Waals surface area contributed by atoms with Gasteiger partial charge < -0.3 is 19.3 Å². The van der Waals surface area contributed by atoms with Crippen molar-refractivity contribution < 1.29 is 28.9 Å². The average molecular weight is 537 g/mol. The first-order chi connectivity index (χ1) is 18.2. The molecule has 1 aliphatic heterocycles. The predicted octanol–water partition coefficient (Wildman–Crippen LogP) is 2.91. The Morgan fingerprint density at radius 1 is 1.13 bits per heavy atom. The zero-order valence-electron chi connectivity index (χ0n) is 21.5. The van der Waals surface area contributed by atoms with Gasteiger partial charge in [-0.1, -0.05) is 41.7 Å². The topological polar surface area (TPSA) is 116 Å². The Bertz CT molecular complexity index is 1570. The highest BCUT2D eigenvalue weighted by Crippen LogP contribution is 2.36. The maximum Gasteiger partial charge on any atom is 0.338 e. The van der Waals surface area contributed by atoms with Crippen LogP contribution in [0.4, 0.5) is 0 Å². The van der Waals surface area contributed by atoms with Gasteiger partial charge in [0, 0.05) is 12.7 Å². The Labute approximate surface area is 222 Å². The van der Waals surface area contributed by atoms with Crippen molar-refractivity contribution in [1.82, 2.24) is 4.57 Å². The summed E-state index contributed by atoms with van der Waals surface area (Å²) >= 11 is 1.19. The Kier molecular flexibility index (Phi) is 8.23. The van der Waals surface area contributed by atoms with Crippen molar-refractivity contribution in [3.63, 3.8) is 0 Å². The number of benzene rings is 2. The van der Waals surface area contributed by atoms with Crippen molar-refractivity contribution in [1.29, 1.82) is 0 Å². The van der Waals surface area contributed by atoms with Gasteiger partial charge in [0.25, 0.3) is 5.56 Å². The number of carbonyl (C=O) groups is 2. The number of aromatic carboxylic acids is 1. The number of carboxylic acids is 1. The molecule has 0 saturated carbocycles. The van der Waals surface area contributed by atoms with Crippen LogP contribution in [0.3, 0.4) is 0 Å². The van der Waals surface area contributed by atoms with Crippen molar-refractivity contribution in [2.75, 3.05) is 20.3 Å². The second-order valence-electron chi connectivity index (χ2n) is 8.84.